The van der Waals surface area contributed by atoms with Gasteiger partial charge in [-0.2, -0.15) is 0 Å². The van der Waals surface area contributed by atoms with Gasteiger partial charge in [0.1, 0.15) is 0 Å². The van der Waals surface area contributed by atoms with Gasteiger partial charge in [-0.15, -0.1) is 0 Å². The molecule has 1 saturated heterocycles. The first-order valence-corrected chi connectivity index (χ1v) is 8.29. The van der Waals surface area contributed by atoms with Crippen LogP contribution in [0, 0.1) is 5.92 Å². The van der Waals surface area contributed by atoms with Crippen LogP contribution < -0.4 is 5.32 Å². The molecule has 0 spiro atoms. The molecule has 19 heavy (non-hydrogen) atoms. The summed E-state index contributed by atoms with van der Waals surface area (Å²) in [7, 11) is 0. The van der Waals surface area contributed by atoms with E-state index in [2.05, 4.69) is 17.1 Å². The van der Waals surface area contributed by atoms with Gasteiger partial charge in [0.15, 0.2) is 0 Å². The second kappa shape index (κ2) is 7.88. The van der Waals surface area contributed by atoms with E-state index in [0.717, 1.165) is 32.4 Å². The summed E-state index contributed by atoms with van der Waals surface area (Å²) in [4.78, 5) is 14.6. The van der Waals surface area contributed by atoms with Gasteiger partial charge in [-0.25, -0.2) is 0 Å². The van der Waals surface area contributed by atoms with Gasteiger partial charge in [-0.1, -0.05) is 26.2 Å². The van der Waals surface area contributed by atoms with Crippen LogP contribution >= 0.6 is 0 Å². The third-order valence-electron chi connectivity index (χ3n) is 4.69. The van der Waals surface area contributed by atoms with Crippen molar-refractivity contribution in [2.24, 2.45) is 5.92 Å². The van der Waals surface area contributed by atoms with Gasteiger partial charge in [0, 0.05) is 25.6 Å². The van der Waals surface area contributed by atoms with Crippen LogP contribution in [0.4, 0.5) is 0 Å². The summed E-state index contributed by atoms with van der Waals surface area (Å²) in [6.07, 6.45) is 10.8. The molecular weight excluding hydrogens is 236 g/mol. The summed E-state index contributed by atoms with van der Waals surface area (Å²) in [6, 6.07) is 0.434. The zero-order chi connectivity index (χ0) is 13.5. The van der Waals surface area contributed by atoms with Crippen molar-refractivity contribution in [3.8, 4) is 0 Å². The summed E-state index contributed by atoms with van der Waals surface area (Å²) in [5, 5.41) is 3.26. The molecule has 0 aromatic heterocycles. The predicted octanol–water partition coefficient (Wildman–Crippen LogP) is 2.95. The fraction of sp³-hybridized carbons (Fsp3) is 0.938. The highest BCUT2D eigenvalue weighted by Gasteiger charge is 2.22. The minimum Gasteiger partial charge on any atom is -0.353 e. The minimum absolute atomic E-state index is 0.306. The van der Waals surface area contributed by atoms with Crippen LogP contribution in [0.15, 0.2) is 0 Å². The molecule has 0 radical (unpaired) electrons. The van der Waals surface area contributed by atoms with Gasteiger partial charge >= 0.3 is 0 Å². The Hall–Kier alpha value is -0.570. The van der Waals surface area contributed by atoms with Gasteiger partial charge in [-0.05, 0) is 44.6 Å². The Kier molecular flexibility index (Phi) is 6.15. The van der Waals surface area contributed by atoms with Crippen molar-refractivity contribution < 1.29 is 4.79 Å². The molecule has 110 valence electrons. The largest absolute Gasteiger partial charge is 0.353 e. The molecule has 2 rings (SSSR count). The van der Waals surface area contributed by atoms with Crippen molar-refractivity contribution in [1.82, 2.24) is 10.2 Å². The van der Waals surface area contributed by atoms with Crippen molar-refractivity contribution in [2.75, 3.05) is 19.6 Å². The molecule has 1 N–H and O–H groups in total. The number of hydrogen-bond acceptors (Lipinski definition) is 2. The molecule has 0 aromatic rings. The maximum absolute atomic E-state index is 12.1. The Morgan fingerprint density at radius 3 is 2.42 bits per heavy atom. The second-order valence-electron chi connectivity index (χ2n) is 6.39. The van der Waals surface area contributed by atoms with E-state index in [1.54, 1.807) is 0 Å². The molecular formula is C16H30N2O. The molecule has 3 heteroatoms. The van der Waals surface area contributed by atoms with Crippen LogP contribution in [-0.4, -0.2) is 36.5 Å². The lowest BCUT2D eigenvalue weighted by Crippen LogP contribution is -2.45. The Labute approximate surface area is 118 Å². The van der Waals surface area contributed by atoms with Crippen LogP contribution in [-0.2, 0) is 4.79 Å². The molecule has 0 atom stereocenters. The molecule has 1 amide bonds. The highest BCUT2D eigenvalue weighted by atomic mass is 16.1. The summed E-state index contributed by atoms with van der Waals surface area (Å²) in [6.45, 7) is 5.76. The number of nitrogens with zero attached hydrogens (tertiary/aromatic N) is 1. The molecule has 0 bridgehead atoms. The standard InChI is InChI=1S/C16H30N2O/c1-2-10-18-11-8-15(9-12-18)17-16(19)13-14-6-4-3-5-7-14/h14-15H,2-13H2,1H3,(H,17,19). The monoisotopic (exact) mass is 266 g/mol. The number of hydrogen-bond donors (Lipinski definition) is 1. The lowest BCUT2D eigenvalue weighted by molar-refractivity contribution is -0.123. The predicted molar refractivity (Wildman–Crippen MR) is 79.1 cm³/mol. The Bertz CT molecular complexity index is 266. The molecule has 0 unspecified atom stereocenters. The highest BCUT2D eigenvalue weighted by Crippen LogP contribution is 2.26. The lowest BCUT2D eigenvalue weighted by atomic mass is 9.86. The van der Waals surface area contributed by atoms with Crippen LogP contribution in [0.3, 0.4) is 0 Å². The van der Waals surface area contributed by atoms with Crippen LogP contribution in [0.5, 0.6) is 0 Å². The smallest absolute Gasteiger partial charge is 0.220 e. The van der Waals surface area contributed by atoms with E-state index in [1.165, 1.54) is 45.1 Å². The van der Waals surface area contributed by atoms with E-state index in [0.29, 0.717) is 17.9 Å². The van der Waals surface area contributed by atoms with E-state index in [4.69, 9.17) is 0 Å². The van der Waals surface area contributed by atoms with Gasteiger partial charge in [0.25, 0.3) is 0 Å². The Morgan fingerprint density at radius 2 is 1.79 bits per heavy atom. The normalized spacial score (nSPS) is 23.4. The molecule has 2 aliphatic rings. The quantitative estimate of drug-likeness (QED) is 0.830. The van der Waals surface area contributed by atoms with Gasteiger partial charge < -0.3 is 10.2 Å². The van der Waals surface area contributed by atoms with E-state index in [9.17, 15) is 4.79 Å². The molecule has 0 aromatic carbocycles. The average molecular weight is 266 g/mol. The number of carbonyl (C=O) groups excluding carboxylic acids is 1. The van der Waals surface area contributed by atoms with E-state index < -0.39 is 0 Å². The first kappa shape index (κ1) is 14.8. The zero-order valence-corrected chi connectivity index (χ0v) is 12.5. The molecule has 3 nitrogen and oxygen atoms in total. The maximum Gasteiger partial charge on any atom is 0.220 e. The number of amides is 1. The first-order chi connectivity index (χ1) is 9.28. The SMILES string of the molecule is CCCN1CCC(NC(=O)CC2CCCCC2)CC1. The average Bonchev–Trinajstić information content (AvgIpc) is 2.42. The first-order valence-electron chi connectivity index (χ1n) is 8.29. The van der Waals surface area contributed by atoms with E-state index in [-0.39, 0.29) is 0 Å². The Balaban J connectivity index is 1.63. The lowest BCUT2D eigenvalue weighted by Gasteiger charge is -2.32. The van der Waals surface area contributed by atoms with Crippen LogP contribution in [0.2, 0.25) is 0 Å². The maximum atomic E-state index is 12.1. The summed E-state index contributed by atoms with van der Waals surface area (Å²) in [5.74, 6) is 0.967. The van der Waals surface area contributed by atoms with Crippen molar-refractivity contribution in [2.45, 2.75) is 70.8 Å². The number of likely N-dealkylation sites (tertiary alicyclic amines) is 1. The minimum atomic E-state index is 0.306. The second-order valence-corrected chi connectivity index (χ2v) is 6.39. The number of nitrogens with one attached hydrogen (secondary N) is 1. The number of rotatable bonds is 5. The molecule has 1 aliphatic heterocycles. The zero-order valence-electron chi connectivity index (χ0n) is 12.5. The molecule has 1 heterocycles. The van der Waals surface area contributed by atoms with Crippen molar-refractivity contribution in [1.29, 1.82) is 0 Å². The summed E-state index contributed by atoms with van der Waals surface area (Å²) < 4.78 is 0. The van der Waals surface area contributed by atoms with Gasteiger partial charge in [0.2, 0.25) is 5.91 Å². The summed E-state index contributed by atoms with van der Waals surface area (Å²) >= 11 is 0. The summed E-state index contributed by atoms with van der Waals surface area (Å²) in [5.41, 5.74) is 0. The van der Waals surface area contributed by atoms with Crippen LogP contribution in [0.1, 0.15) is 64.7 Å². The highest BCUT2D eigenvalue weighted by molar-refractivity contribution is 5.76. The third-order valence-corrected chi connectivity index (χ3v) is 4.69. The van der Waals surface area contributed by atoms with E-state index in [1.807, 2.05) is 0 Å². The van der Waals surface area contributed by atoms with Crippen molar-refractivity contribution >= 4 is 5.91 Å². The third kappa shape index (κ3) is 5.13. The van der Waals surface area contributed by atoms with Crippen molar-refractivity contribution in [3.05, 3.63) is 0 Å². The molecule has 2 fully saturated rings. The fourth-order valence-corrected chi connectivity index (χ4v) is 3.56. The Morgan fingerprint density at radius 1 is 1.11 bits per heavy atom. The van der Waals surface area contributed by atoms with Gasteiger partial charge in [-0.3, -0.25) is 4.79 Å². The van der Waals surface area contributed by atoms with Crippen molar-refractivity contribution in [3.63, 3.8) is 0 Å². The molecule has 1 saturated carbocycles. The topological polar surface area (TPSA) is 32.3 Å². The van der Waals surface area contributed by atoms with E-state index >= 15 is 0 Å². The fourth-order valence-electron chi connectivity index (χ4n) is 3.56. The van der Waals surface area contributed by atoms with Gasteiger partial charge in [0.05, 0.1) is 0 Å². The number of carbonyl (C=O) groups is 1. The van der Waals surface area contributed by atoms with Crippen LogP contribution in [0.25, 0.3) is 0 Å². The number of piperidine rings is 1. The molecule has 1 aliphatic carbocycles.